The third kappa shape index (κ3) is 2.49. The molecular formula is C21H16N2. The zero-order chi connectivity index (χ0) is 15.6. The summed E-state index contributed by atoms with van der Waals surface area (Å²) in [7, 11) is 0. The van der Waals surface area contributed by atoms with E-state index >= 15 is 0 Å². The Labute approximate surface area is 135 Å². The lowest BCUT2D eigenvalue weighted by Crippen LogP contribution is -1.95. The monoisotopic (exact) mass is 296 g/mol. The van der Waals surface area contributed by atoms with E-state index in [9.17, 15) is 0 Å². The molecule has 0 atom stereocenters. The minimum absolute atomic E-state index is 0.791. The summed E-state index contributed by atoms with van der Waals surface area (Å²) in [5.74, 6) is 0.791. The molecule has 4 rings (SSSR count). The molecule has 0 aliphatic carbocycles. The van der Waals surface area contributed by atoms with Gasteiger partial charge in [0.15, 0.2) is 0 Å². The first-order valence-electron chi connectivity index (χ1n) is 7.71. The molecule has 3 aromatic carbocycles. The van der Waals surface area contributed by atoms with Crippen LogP contribution in [0.1, 0.15) is 5.82 Å². The van der Waals surface area contributed by atoms with Crippen LogP contribution in [-0.4, -0.2) is 9.97 Å². The van der Waals surface area contributed by atoms with Gasteiger partial charge in [0.05, 0.1) is 11.2 Å². The lowest BCUT2D eigenvalue weighted by Gasteiger charge is -2.11. The minimum Gasteiger partial charge on any atom is -0.233 e. The quantitative estimate of drug-likeness (QED) is 0.503. The van der Waals surface area contributed by atoms with Crippen LogP contribution in [0.15, 0.2) is 78.9 Å². The number of aromatic nitrogens is 2. The molecule has 0 aliphatic heterocycles. The number of hydrogen-bond acceptors (Lipinski definition) is 2. The molecule has 1 heterocycles. The summed E-state index contributed by atoms with van der Waals surface area (Å²) in [6, 6.07) is 27.0. The van der Waals surface area contributed by atoms with Crippen LogP contribution in [0.4, 0.5) is 0 Å². The molecule has 110 valence electrons. The Morgan fingerprint density at radius 3 is 1.96 bits per heavy atom. The van der Waals surface area contributed by atoms with Gasteiger partial charge in [-0.15, -0.1) is 0 Å². The lowest BCUT2D eigenvalue weighted by atomic mass is 9.99. The highest BCUT2D eigenvalue weighted by molar-refractivity contribution is 6.00. The molecule has 0 fully saturated rings. The molecule has 0 radical (unpaired) electrons. The van der Waals surface area contributed by atoms with Crippen LogP contribution in [0.2, 0.25) is 0 Å². The zero-order valence-electron chi connectivity index (χ0n) is 12.9. The van der Waals surface area contributed by atoms with E-state index in [1.165, 1.54) is 5.56 Å². The third-order valence-corrected chi connectivity index (χ3v) is 3.97. The van der Waals surface area contributed by atoms with E-state index in [1.807, 2.05) is 31.2 Å². The molecule has 2 heteroatoms. The van der Waals surface area contributed by atoms with Crippen molar-refractivity contribution in [2.75, 3.05) is 0 Å². The normalized spacial score (nSPS) is 10.8. The molecule has 0 saturated heterocycles. The highest BCUT2D eigenvalue weighted by Crippen LogP contribution is 2.32. The van der Waals surface area contributed by atoms with Crippen LogP contribution in [0.5, 0.6) is 0 Å². The Bertz CT molecular complexity index is 961. The number of benzene rings is 3. The Balaban J connectivity index is 2.05. The van der Waals surface area contributed by atoms with Crippen molar-refractivity contribution in [3.05, 3.63) is 84.7 Å². The second-order valence-corrected chi connectivity index (χ2v) is 5.55. The van der Waals surface area contributed by atoms with Crippen LogP contribution < -0.4 is 0 Å². The van der Waals surface area contributed by atoms with Gasteiger partial charge in [0.2, 0.25) is 0 Å². The number of aryl methyl sites for hydroxylation is 1. The van der Waals surface area contributed by atoms with E-state index in [1.54, 1.807) is 0 Å². The van der Waals surface area contributed by atoms with Gasteiger partial charge in [0.25, 0.3) is 0 Å². The molecule has 0 N–H and O–H groups in total. The molecule has 0 saturated carbocycles. The molecule has 0 unspecified atom stereocenters. The third-order valence-electron chi connectivity index (χ3n) is 3.97. The predicted molar refractivity (Wildman–Crippen MR) is 95.1 cm³/mol. The molecule has 0 amide bonds. The molecule has 0 aliphatic rings. The fourth-order valence-electron chi connectivity index (χ4n) is 2.93. The fraction of sp³-hybridized carbons (Fsp3) is 0.0476. The molecule has 1 aromatic heterocycles. The summed E-state index contributed by atoms with van der Waals surface area (Å²) in [4.78, 5) is 9.42. The first-order valence-corrected chi connectivity index (χ1v) is 7.71. The number of rotatable bonds is 2. The number of hydrogen-bond donors (Lipinski definition) is 0. The van der Waals surface area contributed by atoms with E-state index in [4.69, 9.17) is 9.97 Å². The Kier molecular flexibility index (Phi) is 3.35. The largest absolute Gasteiger partial charge is 0.233 e. The van der Waals surface area contributed by atoms with Crippen molar-refractivity contribution >= 4 is 10.9 Å². The van der Waals surface area contributed by atoms with Crippen molar-refractivity contribution in [3.63, 3.8) is 0 Å². The summed E-state index contributed by atoms with van der Waals surface area (Å²) < 4.78 is 0. The van der Waals surface area contributed by atoms with Crippen LogP contribution in [0.3, 0.4) is 0 Å². The topological polar surface area (TPSA) is 25.8 Å². The standard InChI is InChI=1S/C21H16N2/c1-15-22-20(17-11-6-3-7-12-17)19-14-8-13-18(21(19)23-15)16-9-4-2-5-10-16/h2-14H,1H3. The van der Waals surface area contributed by atoms with Crippen molar-refractivity contribution < 1.29 is 0 Å². The molecule has 0 spiro atoms. The smallest absolute Gasteiger partial charge is 0.126 e. The average molecular weight is 296 g/mol. The van der Waals surface area contributed by atoms with Crippen molar-refractivity contribution in [1.82, 2.24) is 9.97 Å². The number of fused-ring (bicyclic) bond motifs is 1. The van der Waals surface area contributed by atoms with Gasteiger partial charge in [-0.2, -0.15) is 0 Å². The fourth-order valence-corrected chi connectivity index (χ4v) is 2.93. The van der Waals surface area contributed by atoms with Crippen molar-refractivity contribution in [3.8, 4) is 22.4 Å². The highest BCUT2D eigenvalue weighted by atomic mass is 14.9. The van der Waals surface area contributed by atoms with E-state index in [2.05, 4.69) is 54.6 Å². The average Bonchev–Trinajstić information content (AvgIpc) is 2.62. The zero-order valence-corrected chi connectivity index (χ0v) is 12.9. The van der Waals surface area contributed by atoms with E-state index in [-0.39, 0.29) is 0 Å². The second kappa shape index (κ2) is 5.65. The summed E-state index contributed by atoms with van der Waals surface area (Å²) in [6.45, 7) is 1.95. The van der Waals surface area contributed by atoms with E-state index in [0.717, 1.165) is 33.5 Å². The lowest BCUT2D eigenvalue weighted by molar-refractivity contribution is 1.10. The van der Waals surface area contributed by atoms with Crippen LogP contribution in [0.25, 0.3) is 33.3 Å². The maximum atomic E-state index is 4.73. The number of para-hydroxylation sites is 1. The van der Waals surface area contributed by atoms with E-state index in [0.29, 0.717) is 0 Å². The predicted octanol–water partition coefficient (Wildman–Crippen LogP) is 5.27. The molecular weight excluding hydrogens is 280 g/mol. The Hall–Kier alpha value is -3.00. The molecule has 2 nitrogen and oxygen atoms in total. The summed E-state index contributed by atoms with van der Waals surface area (Å²) in [5.41, 5.74) is 5.44. The van der Waals surface area contributed by atoms with Gasteiger partial charge in [-0.25, -0.2) is 9.97 Å². The van der Waals surface area contributed by atoms with Crippen molar-refractivity contribution in [2.24, 2.45) is 0 Å². The summed E-state index contributed by atoms with van der Waals surface area (Å²) in [6.07, 6.45) is 0. The van der Waals surface area contributed by atoms with Crippen LogP contribution >= 0.6 is 0 Å². The molecule has 4 aromatic rings. The van der Waals surface area contributed by atoms with Gasteiger partial charge in [-0.3, -0.25) is 0 Å². The first-order chi connectivity index (χ1) is 11.3. The maximum Gasteiger partial charge on any atom is 0.126 e. The van der Waals surface area contributed by atoms with Crippen LogP contribution in [-0.2, 0) is 0 Å². The minimum atomic E-state index is 0.791. The van der Waals surface area contributed by atoms with Gasteiger partial charge < -0.3 is 0 Å². The van der Waals surface area contributed by atoms with Gasteiger partial charge >= 0.3 is 0 Å². The van der Waals surface area contributed by atoms with Gasteiger partial charge in [0.1, 0.15) is 5.82 Å². The molecule has 0 bridgehead atoms. The maximum absolute atomic E-state index is 4.73. The number of nitrogens with zero attached hydrogens (tertiary/aromatic N) is 2. The summed E-state index contributed by atoms with van der Waals surface area (Å²) >= 11 is 0. The molecule has 23 heavy (non-hydrogen) atoms. The Morgan fingerprint density at radius 2 is 1.26 bits per heavy atom. The van der Waals surface area contributed by atoms with Crippen LogP contribution in [0, 0.1) is 6.92 Å². The SMILES string of the molecule is Cc1nc(-c2ccccc2)c2cccc(-c3ccccc3)c2n1. The first kappa shape index (κ1) is 13.6. The van der Waals surface area contributed by atoms with Gasteiger partial charge in [-0.1, -0.05) is 78.9 Å². The van der Waals surface area contributed by atoms with Crippen molar-refractivity contribution in [2.45, 2.75) is 6.92 Å². The van der Waals surface area contributed by atoms with E-state index < -0.39 is 0 Å². The van der Waals surface area contributed by atoms with Gasteiger partial charge in [-0.05, 0) is 12.5 Å². The Morgan fingerprint density at radius 1 is 0.609 bits per heavy atom. The second-order valence-electron chi connectivity index (χ2n) is 5.55. The highest BCUT2D eigenvalue weighted by Gasteiger charge is 2.11. The van der Waals surface area contributed by atoms with Gasteiger partial charge in [0, 0.05) is 16.5 Å². The summed E-state index contributed by atoms with van der Waals surface area (Å²) in [5, 5.41) is 1.09. The van der Waals surface area contributed by atoms with Crippen molar-refractivity contribution in [1.29, 1.82) is 0 Å².